The van der Waals surface area contributed by atoms with E-state index in [0.717, 1.165) is 17.1 Å². The number of hydrogen-bond acceptors (Lipinski definition) is 8. The molecule has 4 rings (SSSR count). The molecule has 1 aliphatic rings. The third-order valence-corrected chi connectivity index (χ3v) is 4.32. The van der Waals surface area contributed by atoms with Gasteiger partial charge in [0.05, 0.1) is 11.4 Å². The van der Waals surface area contributed by atoms with Crippen molar-refractivity contribution < 1.29 is 14.0 Å². The lowest BCUT2D eigenvalue weighted by molar-refractivity contribution is 0.171. The van der Waals surface area contributed by atoms with Crippen molar-refractivity contribution in [1.82, 2.24) is 30.5 Å². The Hall–Kier alpha value is -2.65. The molecule has 0 saturated carbocycles. The van der Waals surface area contributed by atoms with Gasteiger partial charge in [-0.15, -0.1) is 17.5 Å². The van der Waals surface area contributed by atoms with Crippen molar-refractivity contribution in [3.63, 3.8) is 0 Å². The number of rotatable bonds is 5. The first-order valence-corrected chi connectivity index (χ1v) is 8.48. The zero-order valence-corrected chi connectivity index (χ0v) is 16.1. The Kier molecular flexibility index (Phi) is 5.62. The van der Waals surface area contributed by atoms with Gasteiger partial charge >= 0.3 is 0 Å². The molecule has 0 radical (unpaired) electrons. The third-order valence-electron chi connectivity index (χ3n) is 4.32. The predicted octanol–water partition coefficient (Wildman–Crippen LogP) is 1.97. The maximum atomic E-state index is 5.63. The molecule has 27 heavy (non-hydrogen) atoms. The maximum Gasteiger partial charge on any atom is 0.280 e. The molecule has 0 spiro atoms. The Morgan fingerprint density at radius 2 is 2.00 bits per heavy atom. The number of likely N-dealkylation sites (N-methyl/N-ethyl adjacent to an activating group) is 1. The summed E-state index contributed by atoms with van der Waals surface area (Å²) in [7, 11) is 1.90. The minimum Gasteiger partial charge on any atom is -0.486 e. The van der Waals surface area contributed by atoms with Crippen molar-refractivity contribution in [1.29, 1.82) is 0 Å². The van der Waals surface area contributed by atoms with Gasteiger partial charge in [0.15, 0.2) is 23.0 Å². The molecule has 1 aromatic carbocycles. The van der Waals surface area contributed by atoms with Gasteiger partial charge in [-0.3, -0.25) is 0 Å². The minimum absolute atomic E-state index is 0. The highest BCUT2D eigenvalue weighted by molar-refractivity contribution is 5.85. The first-order chi connectivity index (χ1) is 12.7. The molecule has 1 atom stereocenters. The van der Waals surface area contributed by atoms with Gasteiger partial charge in [-0.1, -0.05) is 10.4 Å². The highest BCUT2D eigenvalue weighted by Gasteiger charge is 2.20. The van der Waals surface area contributed by atoms with Crippen LogP contribution >= 0.6 is 12.4 Å². The monoisotopic (exact) mass is 392 g/mol. The first-order valence-electron chi connectivity index (χ1n) is 8.48. The SMILES string of the molecule is CNC(C)Cc1noc(-c2nnn(-c3ccc4c(c3)OCCO4)c2C)n1.Cl. The van der Waals surface area contributed by atoms with Crippen LogP contribution in [0.2, 0.25) is 0 Å². The van der Waals surface area contributed by atoms with E-state index in [2.05, 4.69) is 32.7 Å². The van der Waals surface area contributed by atoms with Crippen molar-refractivity contribution in [2.75, 3.05) is 20.3 Å². The zero-order chi connectivity index (χ0) is 18.1. The van der Waals surface area contributed by atoms with Gasteiger partial charge in [-0.2, -0.15) is 4.98 Å². The second-order valence-corrected chi connectivity index (χ2v) is 6.17. The summed E-state index contributed by atoms with van der Waals surface area (Å²) >= 11 is 0. The van der Waals surface area contributed by atoms with Crippen LogP contribution in [0.1, 0.15) is 18.4 Å². The van der Waals surface area contributed by atoms with Crippen LogP contribution in [0, 0.1) is 6.92 Å². The average Bonchev–Trinajstić information content (AvgIpc) is 3.27. The zero-order valence-electron chi connectivity index (χ0n) is 15.3. The van der Waals surface area contributed by atoms with Gasteiger partial charge < -0.3 is 19.3 Å². The minimum atomic E-state index is 0. The van der Waals surface area contributed by atoms with Crippen LogP contribution in [0.3, 0.4) is 0 Å². The fraction of sp³-hybridized carbons (Fsp3) is 0.412. The molecule has 3 heterocycles. The second kappa shape index (κ2) is 7.93. The van der Waals surface area contributed by atoms with Crippen molar-refractivity contribution in [3.8, 4) is 28.8 Å². The molecule has 2 aromatic heterocycles. The van der Waals surface area contributed by atoms with Crippen LogP contribution in [-0.2, 0) is 6.42 Å². The lowest BCUT2D eigenvalue weighted by Crippen LogP contribution is -2.24. The number of ether oxygens (including phenoxy) is 2. The highest BCUT2D eigenvalue weighted by atomic mass is 35.5. The summed E-state index contributed by atoms with van der Waals surface area (Å²) in [4.78, 5) is 4.43. The molecular formula is C17H21ClN6O3. The summed E-state index contributed by atoms with van der Waals surface area (Å²) in [6.45, 7) is 5.06. The molecule has 9 nitrogen and oxygen atoms in total. The van der Waals surface area contributed by atoms with Crippen molar-refractivity contribution >= 4 is 12.4 Å². The van der Waals surface area contributed by atoms with E-state index in [-0.39, 0.29) is 18.4 Å². The molecule has 0 saturated heterocycles. The summed E-state index contributed by atoms with van der Waals surface area (Å²) in [6, 6.07) is 5.92. The van der Waals surface area contributed by atoms with Crippen LogP contribution < -0.4 is 14.8 Å². The number of nitrogens with zero attached hydrogens (tertiary/aromatic N) is 5. The Balaban J connectivity index is 0.00000210. The number of hydrogen-bond donors (Lipinski definition) is 1. The lowest BCUT2D eigenvalue weighted by atomic mass is 10.2. The first kappa shape index (κ1) is 19.1. The number of nitrogens with one attached hydrogen (secondary N) is 1. The molecular weight excluding hydrogens is 372 g/mol. The van der Waals surface area contributed by atoms with Gasteiger partial charge in [-0.25, -0.2) is 4.68 Å². The fourth-order valence-electron chi connectivity index (χ4n) is 2.74. The van der Waals surface area contributed by atoms with E-state index in [9.17, 15) is 0 Å². The van der Waals surface area contributed by atoms with Crippen LogP contribution in [0.5, 0.6) is 11.5 Å². The number of halogens is 1. The van der Waals surface area contributed by atoms with E-state index < -0.39 is 0 Å². The number of fused-ring (bicyclic) bond motifs is 1. The molecule has 0 bridgehead atoms. The van der Waals surface area contributed by atoms with E-state index in [4.69, 9.17) is 14.0 Å². The highest BCUT2D eigenvalue weighted by Crippen LogP contribution is 2.32. The van der Waals surface area contributed by atoms with Crippen molar-refractivity contribution in [2.24, 2.45) is 0 Å². The molecule has 1 unspecified atom stereocenters. The van der Waals surface area contributed by atoms with Gasteiger partial charge in [-0.05, 0) is 33.0 Å². The van der Waals surface area contributed by atoms with E-state index in [1.807, 2.05) is 32.2 Å². The van der Waals surface area contributed by atoms with E-state index in [1.54, 1.807) is 4.68 Å². The maximum absolute atomic E-state index is 5.63. The predicted molar refractivity (Wildman–Crippen MR) is 99.9 cm³/mol. The molecule has 0 fully saturated rings. The van der Waals surface area contributed by atoms with Crippen LogP contribution in [0.15, 0.2) is 22.7 Å². The molecule has 0 amide bonds. The van der Waals surface area contributed by atoms with E-state index in [0.29, 0.717) is 42.8 Å². The summed E-state index contributed by atoms with van der Waals surface area (Å²) in [6.07, 6.45) is 0.676. The Labute approximate surface area is 162 Å². The van der Waals surface area contributed by atoms with Gasteiger partial charge in [0, 0.05) is 18.5 Å². The normalized spacial score (nSPS) is 13.9. The summed E-state index contributed by atoms with van der Waals surface area (Å²) in [5.74, 6) is 2.43. The molecule has 3 aromatic rings. The smallest absolute Gasteiger partial charge is 0.280 e. The fourth-order valence-corrected chi connectivity index (χ4v) is 2.74. The van der Waals surface area contributed by atoms with Gasteiger partial charge in [0.2, 0.25) is 0 Å². The second-order valence-electron chi connectivity index (χ2n) is 6.17. The number of benzene rings is 1. The molecule has 1 aliphatic heterocycles. The van der Waals surface area contributed by atoms with E-state index in [1.165, 1.54) is 0 Å². The van der Waals surface area contributed by atoms with Crippen LogP contribution in [-0.4, -0.2) is 51.4 Å². The number of aromatic nitrogens is 5. The van der Waals surface area contributed by atoms with E-state index >= 15 is 0 Å². The van der Waals surface area contributed by atoms with Crippen LogP contribution in [0.25, 0.3) is 17.3 Å². The van der Waals surface area contributed by atoms with Crippen molar-refractivity contribution in [3.05, 3.63) is 29.7 Å². The molecule has 144 valence electrons. The Morgan fingerprint density at radius 1 is 1.22 bits per heavy atom. The summed E-state index contributed by atoms with van der Waals surface area (Å²) in [5.41, 5.74) is 2.20. The molecule has 1 N–H and O–H groups in total. The van der Waals surface area contributed by atoms with Crippen molar-refractivity contribution in [2.45, 2.75) is 26.3 Å². The third kappa shape index (κ3) is 3.74. The Morgan fingerprint density at radius 3 is 2.78 bits per heavy atom. The standard InChI is InChI=1S/C17H20N6O3.ClH/c1-10(18-3)8-15-19-17(26-21-15)16-11(2)23(22-20-16)12-4-5-13-14(9-12)25-7-6-24-13;/h4-5,9-10,18H,6-8H2,1-3H3;1H. The summed E-state index contributed by atoms with van der Waals surface area (Å²) < 4.78 is 18.3. The Bertz CT molecular complexity index is 925. The van der Waals surface area contributed by atoms with Gasteiger partial charge in [0.25, 0.3) is 5.89 Å². The molecule has 10 heteroatoms. The topological polar surface area (TPSA) is 100 Å². The largest absolute Gasteiger partial charge is 0.486 e. The average molecular weight is 393 g/mol. The summed E-state index contributed by atoms with van der Waals surface area (Å²) in [5, 5.41) is 15.6. The van der Waals surface area contributed by atoms with Crippen LogP contribution in [0.4, 0.5) is 0 Å². The lowest BCUT2D eigenvalue weighted by Gasteiger charge is -2.18. The van der Waals surface area contributed by atoms with Gasteiger partial charge in [0.1, 0.15) is 13.2 Å². The molecule has 0 aliphatic carbocycles. The quantitative estimate of drug-likeness (QED) is 0.703.